The molecule has 0 saturated carbocycles. The standard InChI is InChI=1S/C12H12N4O2S/c1-9-3-4-10(6-13)5-11(9)15-19(17,18)12-7-16(2)8-14-12/h3-5,7-8,15H,1-2H3. The SMILES string of the molecule is Cc1ccc(C#N)cc1NS(=O)(=O)c1cn(C)cn1. The fraction of sp³-hybridized carbons (Fsp3) is 0.167. The van der Waals surface area contributed by atoms with Gasteiger partial charge in [-0.25, -0.2) is 4.98 Å². The second-order valence-corrected chi connectivity index (χ2v) is 5.75. The third kappa shape index (κ3) is 2.74. The number of aryl methyl sites for hydroxylation is 2. The van der Waals surface area contributed by atoms with E-state index < -0.39 is 10.0 Å². The zero-order valence-corrected chi connectivity index (χ0v) is 11.3. The highest BCUT2D eigenvalue weighted by atomic mass is 32.2. The number of imidazole rings is 1. The van der Waals surface area contributed by atoms with E-state index in [0.717, 1.165) is 5.56 Å². The van der Waals surface area contributed by atoms with Crippen molar-refractivity contribution in [2.75, 3.05) is 4.72 Å². The van der Waals surface area contributed by atoms with Gasteiger partial charge in [-0.15, -0.1) is 0 Å². The first kappa shape index (κ1) is 13.1. The molecule has 1 aromatic heterocycles. The lowest BCUT2D eigenvalue weighted by molar-refractivity contribution is 0.598. The molecule has 1 heterocycles. The summed E-state index contributed by atoms with van der Waals surface area (Å²) in [7, 11) is -2.04. The number of hydrogen-bond acceptors (Lipinski definition) is 4. The maximum Gasteiger partial charge on any atom is 0.280 e. The number of hydrogen-bond donors (Lipinski definition) is 1. The zero-order valence-electron chi connectivity index (χ0n) is 10.5. The Balaban J connectivity index is 2.38. The summed E-state index contributed by atoms with van der Waals surface area (Å²) in [6, 6.07) is 6.79. The molecule has 1 N–H and O–H groups in total. The Morgan fingerprint density at radius 2 is 2.16 bits per heavy atom. The summed E-state index contributed by atoms with van der Waals surface area (Å²) in [4.78, 5) is 3.80. The first-order chi connectivity index (χ1) is 8.92. The number of aromatic nitrogens is 2. The van der Waals surface area contributed by atoms with E-state index in [9.17, 15) is 8.42 Å². The number of nitriles is 1. The Morgan fingerprint density at radius 3 is 2.74 bits per heavy atom. The molecule has 0 unspecified atom stereocenters. The highest BCUT2D eigenvalue weighted by molar-refractivity contribution is 7.92. The van der Waals surface area contributed by atoms with E-state index in [4.69, 9.17) is 5.26 Å². The van der Waals surface area contributed by atoms with Crippen molar-refractivity contribution >= 4 is 15.7 Å². The molecule has 0 bridgehead atoms. The Morgan fingerprint density at radius 1 is 1.42 bits per heavy atom. The van der Waals surface area contributed by atoms with Gasteiger partial charge in [-0.2, -0.15) is 13.7 Å². The first-order valence-electron chi connectivity index (χ1n) is 5.44. The minimum atomic E-state index is -3.73. The summed E-state index contributed by atoms with van der Waals surface area (Å²) >= 11 is 0. The lowest BCUT2D eigenvalue weighted by atomic mass is 10.1. The van der Waals surface area contributed by atoms with Crippen LogP contribution in [0, 0.1) is 18.3 Å². The molecule has 0 aliphatic carbocycles. The summed E-state index contributed by atoms with van der Waals surface area (Å²) in [6.07, 6.45) is 2.82. The zero-order chi connectivity index (χ0) is 14.0. The average Bonchev–Trinajstić information content (AvgIpc) is 2.79. The number of rotatable bonds is 3. The summed E-state index contributed by atoms with van der Waals surface area (Å²) in [6.45, 7) is 1.76. The number of nitrogens with one attached hydrogen (secondary N) is 1. The van der Waals surface area contributed by atoms with E-state index in [1.165, 1.54) is 18.6 Å². The number of nitrogens with zero attached hydrogens (tertiary/aromatic N) is 3. The van der Waals surface area contributed by atoms with Crippen LogP contribution in [0.15, 0.2) is 35.7 Å². The fourth-order valence-corrected chi connectivity index (χ4v) is 2.63. The van der Waals surface area contributed by atoms with E-state index in [2.05, 4.69) is 9.71 Å². The van der Waals surface area contributed by atoms with Crippen LogP contribution in [-0.2, 0) is 17.1 Å². The van der Waals surface area contributed by atoms with Gasteiger partial charge in [0.1, 0.15) is 0 Å². The van der Waals surface area contributed by atoms with Gasteiger partial charge in [-0.1, -0.05) is 6.07 Å². The molecule has 0 aliphatic heterocycles. The van der Waals surface area contributed by atoms with Crippen LogP contribution in [0.2, 0.25) is 0 Å². The molecule has 19 heavy (non-hydrogen) atoms. The molecule has 1 aromatic carbocycles. The Kier molecular flexibility index (Phi) is 3.27. The van der Waals surface area contributed by atoms with Gasteiger partial charge in [0.2, 0.25) is 0 Å². The van der Waals surface area contributed by atoms with Crippen molar-refractivity contribution in [3.8, 4) is 6.07 Å². The van der Waals surface area contributed by atoms with Gasteiger partial charge >= 0.3 is 0 Å². The van der Waals surface area contributed by atoms with E-state index in [0.29, 0.717) is 11.3 Å². The molecule has 0 saturated heterocycles. The molecular formula is C12H12N4O2S. The molecule has 0 aliphatic rings. The Bertz CT molecular complexity index is 756. The maximum atomic E-state index is 12.1. The quantitative estimate of drug-likeness (QED) is 0.917. The topological polar surface area (TPSA) is 87.8 Å². The molecule has 0 amide bonds. The van der Waals surface area contributed by atoms with Crippen molar-refractivity contribution in [3.05, 3.63) is 41.9 Å². The highest BCUT2D eigenvalue weighted by Crippen LogP contribution is 2.20. The van der Waals surface area contributed by atoms with Crippen LogP contribution < -0.4 is 4.72 Å². The second kappa shape index (κ2) is 4.74. The van der Waals surface area contributed by atoms with Crippen molar-refractivity contribution in [1.29, 1.82) is 5.26 Å². The summed E-state index contributed by atoms with van der Waals surface area (Å²) in [5, 5.41) is 8.77. The predicted octanol–water partition coefficient (Wildman–Crippen LogP) is 1.40. The smallest absolute Gasteiger partial charge is 0.280 e. The molecule has 2 rings (SSSR count). The molecule has 0 fully saturated rings. The first-order valence-corrected chi connectivity index (χ1v) is 6.92. The van der Waals surface area contributed by atoms with Crippen LogP contribution in [0.25, 0.3) is 0 Å². The Hall–Kier alpha value is -2.33. The molecule has 0 atom stereocenters. The van der Waals surface area contributed by atoms with E-state index in [-0.39, 0.29) is 5.03 Å². The van der Waals surface area contributed by atoms with Crippen LogP contribution >= 0.6 is 0 Å². The monoisotopic (exact) mass is 276 g/mol. The number of sulfonamides is 1. The molecule has 98 valence electrons. The molecule has 0 radical (unpaired) electrons. The minimum absolute atomic E-state index is 0.0586. The normalized spacial score (nSPS) is 11.0. The van der Waals surface area contributed by atoms with Crippen molar-refractivity contribution in [3.63, 3.8) is 0 Å². The number of benzene rings is 1. The van der Waals surface area contributed by atoms with Crippen molar-refractivity contribution < 1.29 is 8.42 Å². The minimum Gasteiger partial charge on any atom is -0.339 e. The van der Waals surface area contributed by atoms with Crippen LogP contribution in [0.4, 0.5) is 5.69 Å². The van der Waals surface area contributed by atoms with Crippen LogP contribution in [0.5, 0.6) is 0 Å². The van der Waals surface area contributed by atoms with Crippen LogP contribution in [0.3, 0.4) is 0 Å². The summed E-state index contributed by atoms with van der Waals surface area (Å²) < 4.78 is 28.2. The third-order valence-corrected chi connectivity index (χ3v) is 3.82. The van der Waals surface area contributed by atoms with E-state index in [1.807, 2.05) is 6.07 Å². The number of anilines is 1. The lowest BCUT2D eigenvalue weighted by Gasteiger charge is -2.09. The molecule has 0 spiro atoms. The third-order valence-electron chi connectivity index (χ3n) is 2.57. The largest absolute Gasteiger partial charge is 0.339 e. The molecular weight excluding hydrogens is 264 g/mol. The highest BCUT2D eigenvalue weighted by Gasteiger charge is 2.18. The summed E-state index contributed by atoms with van der Waals surface area (Å²) in [5.74, 6) is 0. The van der Waals surface area contributed by atoms with Gasteiger partial charge in [-0.05, 0) is 24.6 Å². The van der Waals surface area contributed by atoms with Crippen molar-refractivity contribution in [1.82, 2.24) is 9.55 Å². The van der Waals surface area contributed by atoms with Gasteiger partial charge in [0.05, 0.1) is 23.6 Å². The second-order valence-electron chi connectivity index (χ2n) is 4.12. The summed E-state index contributed by atoms with van der Waals surface area (Å²) in [5.41, 5.74) is 1.51. The van der Waals surface area contributed by atoms with Crippen molar-refractivity contribution in [2.45, 2.75) is 11.9 Å². The average molecular weight is 276 g/mol. The van der Waals surface area contributed by atoms with E-state index in [1.54, 1.807) is 30.7 Å². The van der Waals surface area contributed by atoms with Gasteiger partial charge in [0, 0.05) is 13.2 Å². The van der Waals surface area contributed by atoms with Gasteiger partial charge in [0.25, 0.3) is 10.0 Å². The van der Waals surface area contributed by atoms with E-state index >= 15 is 0 Å². The van der Waals surface area contributed by atoms with Gasteiger partial charge < -0.3 is 4.57 Å². The molecule has 7 heteroatoms. The fourth-order valence-electron chi connectivity index (χ4n) is 1.53. The van der Waals surface area contributed by atoms with Gasteiger partial charge in [0.15, 0.2) is 5.03 Å². The molecule has 6 nitrogen and oxygen atoms in total. The lowest BCUT2D eigenvalue weighted by Crippen LogP contribution is -2.14. The van der Waals surface area contributed by atoms with Crippen molar-refractivity contribution in [2.24, 2.45) is 7.05 Å². The van der Waals surface area contributed by atoms with Crippen LogP contribution in [0.1, 0.15) is 11.1 Å². The predicted molar refractivity (Wildman–Crippen MR) is 69.9 cm³/mol. The van der Waals surface area contributed by atoms with Gasteiger partial charge in [-0.3, -0.25) is 4.72 Å². The molecule has 2 aromatic rings. The maximum absolute atomic E-state index is 12.1. The Labute approximate surface area is 111 Å². The van der Waals surface area contributed by atoms with Crippen LogP contribution in [-0.4, -0.2) is 18.0 Å².